The molecule has 5 nitrogen and oxygen atoms in total. The van der Waals surface area contributed by atoms with Crippen LogP contribution in [-0.2, 0) is 10.0 Å². The second kappa shape index (κ2) is 7.57. The van der Waals surface area contributed by atoms with Crippen LogP contribution in [-0.4, -0.2) is 58.3 Å². The molecule has 0 radical (unpaired) electrons. The predicted octanol–water partition coefficient (Wildman–Crippen LogP) is 0.780. The van der Waals surface area contributed by atoms with Crippen LogP contribution in [0.4, 0.5) is 0 Å². The first kappa shape index (κ1) is 16.9. The van der Waals surface area contributed by atoms with Gasteiger partial charge in [-0.25, -0.2) is 13.1 Å². The Hall–Kier alpha value is -0.170. The number of rotatable bonds is 10. The number of hydrogen-bond acceptors (Lipinski definition) is 4. The Balaban J connectivity index is 2.26. The molecule has 0 bridgehead atoms. The van der Waals surface area contributed by atoms with Crippen LogP contribution in [0.3, 0.4) is 0 Å². The molecule has 1 rings (SSSR count). The van der Waals surface area contributed by atoms with Crippen molar-refractivity contribution in [2.45, 2.75) is 44.6 Å². The number of sulfonamides is 1. The van der Waals surface area contributed by atoms with Crippen molar-refractivity contribution >= 4 is 10.0 Å². The standard InChI is InChI=1S/C13H29N3O2S/c1-4-9-14-10-6-11-19(17,18)15-12-13(16(2)3)7-5-8-13/h14-15H,4-12H2,1-3H3. The molecule has 1 fully saturated rings. The van der Waals surface area contributed by atoms with Crippen LogP contribution >= 0.6 is 0 Å². The molecule has 0 saturated heterocycles. The Bertz CT molecular complexity index is 351. The van der Waals surface area contributed by atoms with Gasteiger partial charge in [-0.1, -0.05) is 6.92 Å². The first-order chi connectivity index (χ1) is 8.92. The Morgan fingerprint density at radius 3 is 2.37 bits per heavy atom. The Kier molecular flexibility index (Phi) is 6.73. The minimum Gasteiger partial charge on any atom is -0.317 e. The zero-order chi connectivity index (χ0) is 14.4. The summed E-state index contributed by atoms with van der Waals surface area (Å²) in [6.07, 6.45) is 5.11. The fraction of sp³-hybridized carbons (Fsp3) is 1.00. The van der Waals surface area contributed by atoms with Crippen molar-refractivity contribution in [2.75, 3.05) is 39.5 Å². The topological polar surface area (TPSA) is 61.4 Å². The smallest absolute Gasteiger partial charge is 0.211 e. The van der Waals surface area contributed by atoms with E-state index in [1.165, 1.54) is 6.42 Å². The zero-order valence-corrected chi connectivity index (χ0v) is 13.4. The van der Waals surface area contributed by atoms with Gasteiger partial charge in [0.2, 0.25) is 10.0 Å². The predicted molar refractivity (Wildman–Crippen MR) is 79.8 cm³/mol. The summed E-state index contributed by atoms with van der Waals surface area (Å²) in [6.45, 7) is 4.38. The van der Waals surface area contributed by atoms with Crippen LogP contribution in [0.2, 0.25) is 0 Å². The SMILES string of the molecule is CCCNCCCS(=O)(=O)NCC1(N(C)C)CCC1. The van der Waals surface area contributed by atoms with Gasteiger partial charge in [-0.15, -0.1) is 0 Å². The van der Waals surface area contributed by atoms with E-state index < -0.39 is 10.0 Å². The summed E-state index contributed by atoms with van der Waals surface area (Å²) < 4.78 is 26.6. The normalized spacial score (nSPS) is 18.5. The van der Waals surface area contributed by atoms with Crippen LogP contribution in [0.15, 0.2) is 0 Å². The second-order valence-corrected chi connectivity index (χ2v) is 7.64. The van der Waals surface area contributed by atoms with Crippen LogP contribution in [0.25, 0.3) is 0 Å². The molecule has 0 aromatic carbocycles. The molecule has 0 spiro atoms. The number of hydrogen-bond donors (Lipinski definition) is 2. The van der Waals surface area contributed by atoms with E-state index in [2.05, 4.69) is 21.9 Å². The van der Waals surface area contributed by atoms with Gasteiger partial charge >= 0.3 is 0 Å². The molecule has 1 saturated carbocycles. The van der Waals surface area contributed by atoms with Crippen LogP contribution in [0.5, 0.6) is 0 Å². The van der Waals surface area contributed by atoms with Gasteiger partial charge in [0.15, 0.2) is 0 Å². The van der Waals surface area contributed by atoms with Gasteiger partial charge in [0.25, 0.3) is 0 Å². The summed E-state index contributed by atoms with van der Waals surface area (Å²) >= 11 is 0. The molecule has 0 atom stereocenters. The zero-order valence-electron chi connectivity index (χ0n) is 12.5. The van der Waals surface area contributed by atoms with Crippen molar-refractivity contribution < 1.29 is 8.42 Å². The van der Waals surface area contributed by atoms with Gasteiger partial charge in [-0.2, -0.15) is 0 Å². The van der Waals surface area contributed by atoms with Crippen LogP contribution in [0, 0.1) is 0 Å². The molecular formula is C13H29N3O2S. The van der Waals surface area contributed by atoms with Gasteiger partial charge < -0.3 is 10.2 Å². The summed E-state index contributed by atoms with van der Waals surface area (Å²) in [5, 5.41) is 3.22. The van der Waals surface area contributed by atoms with E-state index in [0.29, 0.717) is 13.0 Å². The lowest BCUT2D eigenvalue weighted by molar-refractivity contribution is 0.0657. The summed E-state index contributed by atoms with van der Waals surface area (Å²) in [5.74, 6) is 0.215. The maximum absolute atomic E-state index is 11.9. The molecule has 1 aliphatic carbocycles. The first-order valence-corrected chi connectivity index (χ1v) is 8.92. The highest BCUT2D eigenvalue weighted by Crippen LogP contribution is 2.35. The average molecular weight is 291 g/mol. The van der Waals surface area contributed by atoms with E-state index in [1.807, 2.05) is 14.1 Å². The molecule has 0 aromatic rings. The third-order valence-corrected chi connectivity index (χ3v) is 5.46. The van der Waals surface area contributed by atoms with Gasteiger partial charge in [-0.3, -0.25) is 0 Å². The lowest BCUT2D eigenvalue weighted by Crippen LogP contribution is -2.57. The molecule has 0 aromatic heterocycles. The molecule has 19 heavy (non-hydrogen) atoms. The van der Waals surface area contributed by atoms with Gasteiger partial charge in [0.1, 0.15) is 0 Å². The summed E-state index contributed by atoms with van der Waals surface area (Å²) in [5.41, 5.74) is 0.0491. The number of nitrogens with one attached hydrogen (secondary N) is 2. The monoisotopic (exact) mass is 291 g/mol. The van der Waals surface area contributed by atoms with Crippen molar-refractivity contribution in [2.24, 2.45) is 0 Å². The van der Waals surface area contributed by atoms with Crippen molar-refractivity contribution in [1.29, 1.82) is 0 Å². The van der Waals surface area contributed by atoms with E-state index in [-0.39, 0.29) is 11.3 Å². The minimum atomic E-state index is -3.13. The highest BCUT2D eigenvalue weighted by atomic mass is 32.2. The minimum absolute atomic E-state index is 0.0491. The fourth-order valence-electron chi connectivity index (χ4n) is 2.37. The molecule has 2 N–H and O–H groups in total. The van der Waals surface area contributed by atoms with Crippen LogP contribution < -0.4 is 10.0 Å². The van der Waals surface area contributed by atoms with E-state index in [1.54, 1.807) is 0 Å². The lowest BCUT2D eigenvalue weighted by Gasteiger charge is -2.47. The second-order valence-electron chi connectivity index (χ2n) is 5.72. The van der Waals surface area contributed by atoms with Gasteiger partial charge in [0, 0.05) is 12.1 Å². The van der Waals surface area contributed by atoms with Gasteiger partial charge in [-0.05, 0) is 59.3 Å². The van der Waals surface area contributed by atoms with Crippen molar-refractivity contribution in [1.82, 2.24) is 14.9 Å². The maximum Gasteiger partial charge on any atom is 0.211 e. The molecule has 0 heterocycles. The summed E-state index contributed by atoms with van der Waals surface area (Å²) in [4.78, 5) is 2.15. The Morgan fingerprint density at radius 2 is 1.89 bits per heavy atom. The molecule has 1 aliphatic rings. The Labute approximate surface area is 118 Å². The molecule has 0 unspecified atom stereocenters. The summed E-state index contributed by atoms with van der Waals surface area (Å²) in [6, 6.07) is 0. The van der Waals surface area contributed by atoms with Crippen molar-refractivity contribution in [3.63, 3.8) is 0 Å². The Morgan fingerprint density at radius 1 is 1.21 bits per heavy atom. The molecule has 114 valence electrons. The summed E-state index contributed by atoms with van der Waals surface area (Å²) in [7, 11) is 0.931. The molecule has 0 aliphatic heterocycles. The van der Waals surface area contributed by atoms with E-state index >= 15 is 0 Å². The van der Waals surface area contributed by atoms with E-state index in [9.17, 15) is 8.42 Å². The van der Waals surface area contributed by atoms with Crippen molar-refractivity contribution in [3.8, 4) is 0 Å². The quantitative estimate of drug-likeness (QED) is 0.584. The number of likely N-dealkylation sites (N-methyl/N-ethyl adjacent to an activating group) is 1. The maximum atomic E-state index is 11.9. The third kappa shape index (κ3) is 5.38. The third-order valence-electron chi connectivity index (χ3n) is 4.05. The largest absolute Gasteiger partial charge is 0.317 e. The average Bonchev–Trinajstić information content (AvgIpc) is 2.26. The molecular weight excluding hydrogens is 262 g/mol. The lowest BCUT2D eigenvalue weighted by atomic mass is 9.76. The van der Waals surface area contributed by atoms with Crippen LogP contribution in [0.1, 0.15) is 39.0 Å². The fourth-order valence-corrected chi connectivity index (χ4v) is 3.53. The van der Waals surface area contributed by atoms with Crippen molar-refractivity contribution in [3.05, 3.63) is 0 Å². The molecule has 0 amide bonds. The van der Waals surface area contributed by atoms with Gasteiger partial charge in [0.05, 0.1) is 5.75 Å². The highest BCUT2D eigenvalue weighted by Gasteiger charge is 2.39. The van der Waals surface area contributed by atoms with E-state index in [0.717, 1.165) is 32.4 Å². The van der Waals surface area contributed by atoms with E-state index in [4.69, 9.17) is 0 Å². The number of nitrogens with zero attached hydrogens (tertiary/aromatic N) is 1. The molecule has 6 heteroatoms. The first-order valence-electron chi connectivity index (χ1n) is 7.27. The highest BCUT2D eigenvalue weighted by molar-refractivity contribution is 7.89.